The lowest BCUT2D eigenvalue weighted by Gasteiger charge is -2.16. The van der Waals surface area contributed by atoms with Gasteiger partial charge in [0.2, 0.25) is 0 Å². The number of hydrogen-bond acceptors (Lipinski definition) is 9. The Morgan fingerprint density at radius 3 is 2.70 bits per heavy atom. The van der Waals surface area contributed by atoms with Crippen molar-refractivity contribution in [2.24, 2.45) is 5.10 Å². The first-order valence-corrected chi connectivity index (χ1v) is 13.9. The molecule has 3 N–H and O–H groups in total. The van der Waals surface area contributed by atoms with Gasteiger partial charge in [0.25, 0.3) is 11.6 Å². The van der Waals surface area contributed by atoms with Crippen molar-refractivity contribution in [1.82, 2.24) is 25.7 Å². The van der Waals surface area contributed by atoms with E-state index in [9.17, 15) is 19.7 Å². The highest BCUT2D eigenvalue weighted by atomic mass is 32.2. The zero-order chi connectivity index (χ0) is 30.0. The molecule has 2 aromatic heterocycles. The van der Waals surface area contributed by atoms with Crippen molar-refractivity contribution in [3.05, 3.63) is 125 Å². The van der Waals surface area contributed by atoms with Gasteiger partial charge in [-0.2, -0.15) is 5.10 Å². The Labute approximate surface area is 249 Å². The fourth-order valence-electron chi connectivity index (χ4n) is 4.10. The molecule has 0 saturated carbocycles. The summed E-state index contributed by atoms with van der Waals surface area (Å²) in [7, 11) is 0. The molecule has 0 aliphatic rings. The predicted molar refractivity (Wildman–Crippen MR) is 161 cm³/mol. The zero-order valence-corrected chi connectivity index (χ0v) is 23.4. The van der Waals surface area contributed by atoms with E-state index in [0.29, 0.717) is 16.2 Å². The Hall–Kier alpha value is -5.56. The van der Waals surface area contributed by atoms with Crippen LogP contribution < -0.4 is 10.7 Å². The highest BCUT2D eigenvalue weighted by molar-refractivity contribution is 7.99. The lowest BCUT2D eigenvalue weighted by atomic mass is 10.1. The number of imidazole rings is 1. The maximum absolute atomic E-state index is 13.0. The van der Waals surface area contributed by atoms with Crippen LogP contribution in [0.5, 0.6) is 0 Å². The molecule has 0 unspecified atom stereocenters. The van der Waals surface area contributed by atoms with E-state index in [0.717, 1.165) is 21.4 Å². The van der Waals surface area contributed by atoms with Gasteiger partial charge in [0.05, 0.1) is 27.9 Å². The number of fused-ring (bicyclic) bond motifs is 1. The van der Waals surface area contributed by atoms with Crippen LogP contribution in [0, 0.1) is 10.1 Å². The number of nitro benzene ring substituents is 1. The number of rotatable bonds is 11. The Balaban J connectivity index is 1.25. The van der Waals surface area contributed by atoms with Gasteiger partial charge in [0, 0.05) is 46.4 Å². The number of nitrogens with zero attached hydrogens (tertiary/aromatic N) is 4. The molecule has 0 saturated heterocycles. The molecule has 12 nitrogen and oxygen atoms in total. The normalized spacial score (nSPS) is 11.7. The van der Waals surface area contributed by atoms with Gasteiger partial charge in [0.1, 0.15) is 12.6 Å². The first-order chi connectivity index (χ1) is 21.0. The van der Waals surface area contributed by atoms with Crippen molar-refractivity contribution in [3.8, 4) is 0 Å². The number of aromatic amines is 1. The number of benzene rings is 3. The first-order valence-electron chi connectivity index (χ1n) is 13.0. The van der Waals surface area contributed by atoms with E-state index in [1.54, 1.807) is 18.3 Å². The molecule has 0 radical (unpaired) electrons. The number of ether oxygens (including phenoxy) is 1. The number of carbonyl (C=O) groups is 2. The van der Waals surface area contributed by atoms with Crippen LogP contribution in [0.25, 0.3) is 10.9 Å². The minimum Gasteiger partial charge on any atom is -0.445 e. The standard InChI is InChI=1S/C30H25N7O5S/c38-29(24(15-23-17-31-19-33-23)35-30(39)42-18-20-6-2-1-3-7-20)36-34-16-21-11-12-26(25(14-21)37(40)41)43-27-10-4-8-22-9-5-13-32-28(22)27/h1-14,16-17,19,24H,15,18H2,(H,31,33)(H,35,39)(H,36,38)/b34-16-/t24-/m0/s1. The molecule has 0 aliphatic heterocycles. The van der Waals surface area contributed by atoms with Gasteiger partial charge in [-0.25, -0.2) is 15.2 Å². The summed E-state index contributed by atoms with van der Waals surface area (Å²) >= 11 is 1.24. The molecule has 13 heteroatoms. The first kappa shape index (κ1) is 29.0. The van der Waals surface area contributed by atoms with E-state index >= 15 is 0 Å². The van der Waals surface area contributed by atoms with Crippen molar-refractivity contribution in [2.75, 3.05) is 0 Å². The van der Waals surface area contributed by atoms with Crippen molar-refractivity contribution in [2.45, 2.75) is 28.9 Å². The summed E-state index contributed by atoms with van der Waals surface area (Å²) in [6, 6.07) is 22.2. The molecule has 43 heavy (non-hydrogen) atoms. The molecule has 2 heterocycles. The van der Waals surface area contributed by atoms with Gasteiger partial charge in [0.15, 0.2) is 0 Å². The predicted octanol–water partition coefficient (Wildman–Crippen LogP) is 5.01. The van der Waals surface area contributed by atoms with Crippen molar-refractivity contribution >= 4 is 46.6 Å². The van der Waals surface area contributed by atoms with Crippen molar-refractivity contribution in [1.29, 1.82) is 0 Å². The van der Waals surface area contributed by atoms with Crippen LogP contribution in [0.1, 0.15) is 16.8 Å². The van der Waals surface area contributed by atoms with Crippen LogP contribution in [0.2, 0.25) is 0 Å². The van der Waals surface area contributed by atoms with Crippen molar-refractivity contribution < 1.29 is 19.2 Å². The number of nitro groups is 1. The van der Waals surface area contributed by atoms with Crippen LogP contribution in [-0.4, -0.2) is 44.1 Å². The van der Waals surface area contributed by atoms with Crippen LogP contribution in [0.3, 0.4) is 0 Å². The van der Waals surface area contributed by atoms with E-state index in [4.69, 9.17) is 4.74 Å². The Morgan fingerprint density at radius 1 is 1.07 bits per heavy atom. The zero-order valence-electron chi connectivity index (χ0n) is 22.5. The Morgan fingerprint density at radius 2 is 1.91 bits per heavy atom. The van der Waals surface area contributed by atoms with Gasteiger partial charge in [-0.3, -0.25) is 19.9 Å². The number of alkyl carbamates (subject to hydrolysis) is 1. The van der Waals surface area contributed by atoms with Crippen LogP contribution in [0.15, 0.2) is 112 Å². The maximum Gasteiger partial charge on any atom is 0.408 e. The summed E-state index contributed by atoms with van der Waals surface area (Å²) in [5.41, 5.74) is 4.82. The number of para-hydroxylation sites is 1. The van der Waals surface area contributed by atoms with E-state index < -0.39 is 23.0 Å². The van der Waals surface area contributed by atoms with E-state index in [-0.39, 0.29) is 18.7 Å². The number of hydrazone groups is 1. The third-order valence-corrected chi connectivity index (χ3v) is 7.30. The van der Waals surface area contributed by atoms with E-state index in [2.05, 4.69) is 30.8 Å². The fourth-order valence-corrected chi connectivity index (χ4v) is 5.13. The van der Waals surface area contributed by atoms with Crippen LogP contribution >= 0.6 is 11.8 Å². The number of pyridine rings is 1. The largest absolute Gasteiger partial charge is 0.445 e. The minimum absolute atomic E-state index is 0.0350. The van der Waals surface area contributed by atoms with Gasteiger partial charge in [-0.1, -0.05) is 66.4 Å². The molecular weight excluding hydrogens is 570 g/mol. The maximum atomic E-state index is 13.0. The number of amides is 2. The number of H-pyrrole nitrogens is 1. The average molecular weight is 596 g/mol. The minimum atomic E-state index is -1.04. The summed E-state index contributed by atoms with van der Waals surface area (Å²) in [6.07, 6.45) is 5.28. The quantitative estimate of drug-likeness (QED) is 0.109. The van der Waals surface area contributed by atoms with Crippen LogP contribution in [-0.2, 0) is 22.6 Å². The fraction of sp³-hybridized carbons (Fsp3) is 0.100. The summed E-state index contributed by atoms with van der Waals surface area (Å²) in [5, 5.41) is 19.3. The molecule has 0 fully saturated rings. The topological polar surface area (TPSA) is 164 Å². The summed E-state index contributed by atoms with van der Waals surface area (Å²) in [4.78, 5) is 49.3. The molecular formula is C30H25N7O5S. The van der Waals surface area contributed by atoms with Crippen molar-refractivity contribution in [3.63, 3.8) is 0 Å². The molecule has 0 bridgehead atoms. The molecule has 3 aromatic carbocycles. The summed E-state index contributed by atoms with van der Waals surface area (Å²) in [6.45, 7) is 0.0350. The smallest absolute Gasteiger partial charge is 0.408 e. The van der Waals surface area contributed by atoms with Gasteiger partial charge >= 0.3 is 6.09 Å². The Kier molecular flexibility index (Phi) is 9.34. The lowest BCUT2D eigenvalue weighted by molar-refractivity contribution is -0.387. The number of hydrogen-bond donors (Lipinski definition) is 3. The number of nitrogens with one attached hydrogen (secondary N) is 3. The second-order valence-electron chi connectivity index (χ2n) is 9.19. The third kappa shape index (κ3) is 7.80. The van der Waals surface area contributed by atoms with Gasteiger partial charge in [-0.05, 0) is 23.8 Å². The molecule has 1 atom stereocenters. The third-order valence-electron chi connectivity index (χ3n) is 6.18. The van der Waals surface area contributed by atoms with E-state index in [1.807, 2.05) is 60.7 Å². The lowest BCUT2D eigenvalue weighted by Crippen LogP contribution is -2.47. The number of carbonyl (C=O) groups excluding carboxylic acids is 2. The van der Waals surface area contributed by atoms with Crippen LogP contribution in [0.4, 0.5) is 10.5 Å². The second-order valence-corrected chi connectivity index (χ2v) is 10.3. The molecule has 5 aromatic rings. The van der Waals surface area contributed by atoms with E-state index in [1.165, 1.54) is 36.6 Å². The molecule has 5 rings (SSSR count). The highest BCUT2D eigenvalue weighted by Crippen LogP contribution is 2.37. The van der Waals surface area contributed by atoms with Gasteiger partial charge < -0.3 is 15.0 Å². The average Bonchev–Trinajstić information content (AvgIpc) is 3.54. The SMILES string of the molecule is O=C(N[C@@H](Cc1cnc[nH]1)C(=O)N/N=C\c1ccc(Sc2cccc3cccnc23)c([N+](=O)[O-])c1)OCc1ccccc1. The molecule has 216 valence electrons. The monoisotopic (exact) mass is 595 g/mol. The molecule has 2 amide bonds. The number of aromatic nitrogens is 3. The van der Waals surface area contributed by atoms with Gasteiger partial charge in [-0.15, -0.1) is 0 Å². The highest BCUT2D eigenvalue weighted by Gasteiger charge is 2.23. The summed E-state index contributed by atoms with van der Waals surface area (Å²) in [5.74, 6) is -0.618. The summed E-state index contributed by atoms with van der Waals surface area (Å²) < 4.78 is 5.25. The Bertz CT molecular complexity index is 1760. The molecule has 0 spiro atoms. The second kappa shape index (κ2) is 13.9. The molecule has 0 aliphatic carbocycles.